The topological polar surface area (TPSA) is 35.9 Å². The van der Waals surface area contributed by atoms with Gasteiger partial charge in [0, 0.05) is 38.8 Å². The van der Waals surface area contributed by atoms with Crippen LogP contribution in [0.3, 0.4) is 0 Å². The quantitative estimate of drug-likeness (QED) is 0.703. The summed E-state index contributed by atoms with van der Waals surface area (Å²) in [6.07, 6.45) is -0.347. The Morgan fingerprint density at radius 1 is 1.47 bits per heavy atom. The van der Waals surface area contributed by atoms with Crippen molar-refractivity contribution in [3.8, 4) is 0 Å². The van der Waals surface area contributed by atoms with E-state index in [0.717, 1.165) is 26.2 Å². The number of nitrogens with zero attached hydrogens (tertiary/aromatic N) is 2. The van der Waals surface area contributed by atoms with Gasteiger partial charge >= 0.3 is 0 Å². The summed E-state index contributed by atoms with van der Waals surface area (Å²) in [4.78, 5) is 4.67. The van der Waals surface area contributed by atoms with Gasteiger partial charge in [-0.25, -0.2) is 0 Å². The van der Waals surface area contributed by atoms with Crippen LogP contribution in [-0.4, -0.2) is 73.5 Å². The molecule has 2 unspecified atom stereocenters. The number of ether oxygens (including phenoxy) is 1. The van der Waals surface area contributed by atoms with Gasteiger partial charge in [0.25, 0.3) is 0 Å². The van der Waals surface area contributed by atoms with Crippen LogP contribution in [0.2, 0.25) is 0 Å². The molecule has 0 aromatic heterocycles. The van der Waals surface area contributed by atoms with Gasteiger partial charge in [0.1, 0.15) is 0 Å². The molecule has 1 fully saturated rings. The Morgan fingerprint density at radius 2 is 2.20 bits per heavy atom. The highest BCUT2D eigenvalue weighted by Crippen LogP contribution is 2.07. The molecule has 1 rings (SSSR count). The van der Waals surface area contributed by atoms with E-state index < -0.39 is 0 Å². The summed E-state index contributed by atoms with van der Waals surface area (Å²) in [5.74, 6) is 0. The van der Waals surface area contributed by atoms with Crippen LogP contribution in [0.4, 0.5) is 0 Å². The average Bonchev–Trinajstić information content (AvgIpc) is 2.20. The Morgan fingerprint density at radius 3 is 2.80 bits per heavy atom. The predicted molar refractivity (Wildman–Crippen MR) is 61.0 cm³/mol. The lowest BCUT2D eigenvalue weighted by molar-refractivity contribution is 0.00536. The molecule has 0 bridgehead atoms. The van der Waals surface area contributed by atoms with Crippen LogP contribution in [0.25, 0.3) is 0 Å². The zero-order chi connectivity index (χ0) is 11.3. The van der Waals surface area contributed by atoms with Gasteiger partial charge in [-0.1, -0.05) is 0 Å². The second-order valence-corrected chi connectivity index (χ2v) is 4.40. The summed E-state index contributed by atoms with van der Waals surface area (Å²) in [6, 6.07) is 0.582. The fourth-order valence-corrected chi connectivity index (χ4v) is 1.89. The molecule has 1 aliphatic heterocycles. The van der Waals surface area contributed by atoms with Crippen LogP contribution in [0, 0.1) is 0 Å². The number of likely N-dealkylation sites (N-methyl/N-ethyl adjacent to an activating group) is 1. The number of aliphatic hydroxyl groups is 1. The Bertz CT molecular complexity index is 178. The zero-order valence-electron chi connectivity index (χ0n) is 10.1. The van der Waals surface area contributed by atoms with E-state index in [9.17, 15) is 5.11 Å². The molecular weight excluding hydrogens is 192 g/mol. The number of rotatable bonds is 5. The minimum absolute atomic E-state index is 0.347. The third kappa shape index (κ3) is 4.47. The van der Waals surface area contributed by atoms with Crippen molar-refractivity contribution in [2.45, 2.75) is 26.0 Å². The maximum absolute atomic E-state index is 9.70. The summed E-state index contributed by atoms with van der Waals surface area (Å²) in [6.45, 7) is 9.21. The first-order chi connectivity index (χ1) is 7.13. The second kappa shape index (κ2) is 6.43. The highest BCUT2D eigenvalue weighted by molar-refractivity contribution is 4.78. The van der Waals surface area contributed by atoms with E-state index in [1.807, 2.05) is 6.92 Å². The molecule has 1 saturated heterocycles. The molecule has 0 amide bonds. The molecule has 4 heteroatoms. The SMILES string of the molecule is CCOCC(O)CN1CCN(C)C(C)C1. The highest BCUT2D eigenvalue weighted by atomic mass is 16.5. The van der Waals surface area contributed by atoms with Crippen LogP contribution < -0.4 is 0 Å². The Balaban J connectivity index is 2.21. The molecule has 1 N–H and O–H groups in total. The molecule has 4 nitrogen and oxygen atoms in total. The highest BCUT2D eigenvalue weighted by Gasteiger charge is 2.22. The molecular formula is C11H24N2O2. The van der Waals surface area contributed by atoms with E-state index in [1.54, 1.807) is 0 Å². The lowest BCUT2D eigenvalue weighted by Crippen LogP contribution is -2.52. The van der Waals surface area contributed by atoms with E-state index in [4.69, 9.17) is 4.74 Å². The fourth-order valence-electron chi connectivity index (χ4n) is 1.89. The van der Waals surface area contributed by atoms with Crippen molar-refractivity contribution in [1.29, 1.82) is 0 Å². The number of β-amino-alcohol motifs (C(OH)–C–C–N with tert-alkyl or cyclic N) is 1. The van der Waals surface area contributed by atoms with Crippen molar-refractivity contribution in [3.05, 3.63) is 0 Å². The van der Waals surface area contributed by atoms with Crippen LogP contribution in [0.15, 0.2) is 0 Å². The number of hydrogen-bond donors (Lipinski definition) is 1. The van der Waals surface area contributed by atoms with E-state index in [0.29, 0.717) is 19.3 Å². The summed E-state index contributed by atoms with van der Waals surface area (Å²) in [5, 5.41) is 9.70. The normalized spacial score (nSPS) is 26.8. The monoisotopic (exact) mass is 216 g/mol. The molecule has 0 aliphatic carbocycles. The van der Waals surface area contributed by atoms with E-state index in [-0.39, 0.29) is 6.10 Å². The van der Waals surface area contributed by atoms with E-state index in [1.165, 1.54) is 0 Å². The summed E-state index contributed by atoms with van der Waals surface area (Å²) in [7, 11) is 2.15. The Kier molecular flexibility index (Phi) is 5.53. The van der Waals surface area contributed by atoms with Crippen molar-refractivity contribution in [1.82, 2.24) is 9.80 Å². The molecule has 0 aromatic carbocycles. The fraction of sp³-hybridized carbons (Fsp3) is 1.00. The summed E-state index contributed by atoms with van der Waals surface area (Å²) >= 11 is 0. The largest absolute Gasteiger partial charge is 0.389 e. The van der Waals surface area contributed by atoms with Crippen LogP contribution >= 0.6 is 0 Å². The standard InChI is InChI=1S/C11H24N2O2/c1-4-15-9-11(14)8-13-6-5-12(3)10(2)7-13/h10-11,14H,4-9H2,1-3H3. The average molecular weight is 216 g/mol. The molecule has 90 valence electrons. The summed E-state index contributed by atoms with van der Waals surface area (Å²) in [5.41, 5.74) is 0. The van der Waals surface area contributed by atoms with Crippen molar-refractivity contribution >= 4 is 0 Å². The number of aliphatic hydroxyl groups excluding tert-OH is 1. The molecule has 1 heterocycles. The second-order valence-electron chi connectivity index (χ2n) is 4.40. The van der Waals surface area contributed by atoms with Gasteiger partial charge in [0.15, 0.2) is 0 Å². The van der Waals surface area contributed by atoms with Crippen molar-refractivity contribution in [2.75, 3.05) is 46.4 Å². The molecule has 15 heavy (non-hydrogen) atoms. The van der Waals surface area contributed by atoms with Crippen molar-refractivity contribution in [3.63, 3.8) is 0 Å². The molecule has 0 aromatic rings. The van der Waals surface area contributed by atoms with Gasteiger partial charge < -0.3 is 14.7 Å². The first-order valence-electron chi connectivity index (χ1n) is 5.82. The maximum atomic E-state index is 9.70. The molecule has 0 spiro atoms. The predicted octanol–water partition coefficient (Wildman–Crippen LogP) is 0.0197. The van der Waals surface area contributed by atoms with Gasteiger partial charge in [0.05, 0.1) is 12.7 Å². The number of hydrogen-bond acceptors (Lipinski definition) is 4. The molecule has 1 aliphatic rings. The molecule has 0 saturated carbocycles. The minimum Gasteiger partial charge on any atom is -0.389 e. The molecule has 0 radical (unpaired) electrons. The van der Waals surface area contributed by atoms with Gasteiger partial charge in [-0.2, -0.15) is 0 Å². The van der Waals surface area contributed by atoms with Gasteiger partial charge in [-0.15, -0.1) is 0 Å². The third-order valence-electron chi connectivity index (χ3n) is 3.03. The minimum atomic E-state index is -0.347. The first kappa shape index (κ1) is 12.9. The van der Waals surface area contributed by atoms with Crippen LogP contribution in [-0.2, 0) is 4.74 Å². The molecule has 2 atom stereocenters. The zero-order valence-corrected chi connectivity index (χ0v) is 10.1. The van der Waals surface area contributed by atoms with E-state index >= 15 is 0 Å². The Hall–Kier alpha value is -0.160. The van der Waals surface area contributed by atoms with Gasteiger partial charge in [0.2, 0.25) is 0 Å². The Labute approximate surface area is 92.8 Å². The third-order valence-corrected chi connectivity index (χ3v) is 3.03. The van der Waals surface area contributed by atoms with Crippen LogP contribution in [0.5, 0.6) is 0 Å². The van der Waals surface area contributed by atoms with Gasteiger partial charge in [-0.05, 0) is 20.9 Å². The van der Waals surface area contributed by atoms with Crippen LogP contribution in [0.1, 0.15) is 13.8 Å². The smallest absolute Gasteiger partial charge is 0.0900 e. The first-order valence-corrected chi connectivity index (χ1v) is 5.82. The maximum Gasteiger partial charge on any atom is 0.0900 e. The lowest BCUT2D eigenvalue weighted by atomic mass is 10.2. The number of piperazine rings is 1. The van der Waals surface area contributed by atoms with Crippen molar-refractivity contribution in [2.24, 2.45) is 0 Å². The van der Waals surface area contributed by atoms with Gasteiger partial charge in [-0.3, -0.25) is 4.90 Å². The lowest BCUT2D eigenvalue weighted by Gasteiger charge is -2.38. The van der Waals surface area contributed by atoms with Crippen molar-refractivity contribution < 1.29 is 9.84 Å². The summed E-state index contributed by atoms with van der Waals surface area (Å²) < 4.78 is 5.20. The van der Waals surface area contributed by atoms with E-state index in [2.05, 4.69) is 23.8 Å².